The maximum Gasteiger partial charge on any atom is 0.341 e. The van der Waals surface area contributed by atoms with Gasteiger partial charge in [-0.25, -0.2) is 9.18 Å². The van der Waals surface area contributed by atoms with Crippen molar-refractivity contribution in [1.82, 2.24) is 0 Å². The summed E-state index contributed by atoms with van der Waals surface area (Å²) in [4.78, 5) is 21.8. The molecular formula is C10H8BrFO3. The van der Waals surface area contributed by atoms with Crippen LogP contribution in [0.1, 0.15) is 17.3 Å². The Morgan fingerprint density at radius 2 is 2.13 bits per heavy atom. The summed E-state index contributed by atoms with van der Waals surface area (Å²) in [6.45, 7) is 0.940. The number of esters is 1. The summed E-state index contributed by atoms with van der Waals surface area (Å²) in [6.07, 6.45) is 0. The summed E-state index contributed by atoms with van der Waals surface area (Å²) < 4.78 is 18.3. The van der Waals surface area contributed by atoms with Crippen LogP contribution < -0.4 is 0 Å². The summed E-state index contributed by atoms with van der Waals surface area (Å²) in [5.74, 6) is -1.81. The van der Waals surface area contributed by atoms with Crippen LogP contribution in [-0.4, -0.2) is 18.4 Å². The lowest BCUT2D eigenvalue weighted by Gasteiger charge is -2.03. The van der Waals surface area contributed by atoms with Gasteiger partial charge in [0.1, 0.15) is 12.4 Å². The second-order valence-corrected chi connectivity index (χ2v) is 3.82. The second-order valence-electron chi connectivity index (χ2n) is 2.90. The molecule has 0 N–H and O–H groups in total. The number of hydrogen-bond donors (Lipinski definition) is 0. The molecule has 0 spiro atoms. The van der Waals surface area contributed by atoms with Crippen LogP contribution in [0.2, 0.25) is 0 Å². The van der Waals surface area contributed by atoms with Crippen LogP contribution in [-0.2, 0) is 9.53 Å². The smallest absolute Gasteiger partial charge is 0.341 e. The quantitative estimate of drug-likeness (QED) is 0.795. The summed E-state index contributed by atoms with van der Waals surface area (Å²) in [6, 6.07) is 3.92. The third-order valence-corrected chi connectivity index (χ3v) is 2.05. The zero-order chi connectivity index (χ0) is 11.4. The van der Waals surface area contributed by atoms with E-state index in [1.165, 1.54) is 19.1 Å². The molecule has 0 aliphatic carbocycles. The molecule has 3 nitrogen and oxygen atoms in total. The Morgan fingerprint density at radius 3 is 2.73 bits per heavy atom. The van der Waals surface area contributed by atoms with Crippen molar-refractivity contribution in [3.05, 3.63) is 34.1 Å². The fourth-order valence-corrected chi connectivity index (χ4v) is 1.26. The lowest BCUT2D eigenvalue weighted by atomic mass is 10.2. The molecule has 0 saturated heterocycles. The SMILES string of the molecule is CC(=O)COC(=O)c1cc(Br)ccc1F. The molecule has 0 atom stereocenters. The fourth-order valence-electron chi connectivity index (χ4n) is 0.899. The van der Waals surface area contributed by atoms with E-state index < -0.39 is 11.8 Å². The monoisotopic (exact) mass is 274 g/mol. The molecule has 0 aliphatic rings. The Morgan fingerprint density at radius 1 is 1.47 bits per heavy atom. The molecular weight excluding hydrogens is 267 g/mol. The number of rotatable bonds is 3. The standard InChI is InChI=1S/C10H8BrFO3/c1-6(13)5-15-10(14)8-4-7(11)2-3-9(8)12/h2-4H,5H2,1H3. The largest absolute Gasteiger partial charge is 0.454 e. The highest BCUT2D eigenvalue weighted by molar-refractivity contribution is 9.10. The maximum atomic E-state index is 13.1. The van der Waals surface area contributed by atoms with Gasteiger partial charge in [0.15, 0.2) is 5.78 Å². The highest BCUT2D eigenvalue weighted by atomic mass is 79.9. The molecule has 1 rings (SSSR count). The minimum atomic E-state index is -0.844. The molecule has 0 saturated carbocycles. The van der Waals surface area contributed by atoms with E-state index in [2.05, 4.69) is 20.7 Å². The van der Waals surface area contributed by atoms with Gasteiger partial charge in [0.2, 0.25) is 0 Å². The van der Waals surface area contributed by atoms with Gasteiger partial charge < -0.3 is 4.74 Å². The summed E-state index contributed by atoms with van der Waals surface area (Å²) in [7, 11) is 0. The molecule has 1 aromatic carbocycles. The van der Waals surface area contributed by atoms with Crippen molar-refractivity contribution in [3.8, 4) is 0 Å². The van der Waals surface area contributed by atoms with Gasteiger partial charge in [-0.15, -0.1) is 0 Å². The Kier molecular flexibility index (Phi) is 3.96. The number of hydrogen-bond acceptors (Lipinski definition) is 3. The summed E-state index contributed by atoms with van der Waals surface area (Å²) in [5, 5.41) is 0. The van der Waals surface area contributed by atoms with Crippen molar-refractivity contribution in [2.75, 3.05) is 6.61 Å². The van der Waals surface area contributed by atoms with Gasteiger partial charge in [-0.3, -0.25) is 4.79 Å². The highest BCUT2D eigenvalue weighted by Crippen LogP contribution is 2.16. The minimum absolute atomic E-state index is 0.189. The number of carbonyl (C=O) groups is 2. The van der Waals surface area contributed by atoms with Crippen molar-refractivity contribution >= 4 is 27.7 Å². The van der Waals surface area contributed by atoms with E-state index in [0.29, 0.717) is 4.47 Å². The van der Waals surface area contributed by atoms with Crippen LogP contribution in [0.3, 0.4) is 0 Å². The zero-order valence-corrected chi connectivity index (χ0v) is 9.51. The first kappa shape index (κ1) is 11.8. The molecule has 0 aliphatic heterocycles. The van der Waals surface area contributed by atoms with Gasteiger partial charge in [0.25, 0.3) is 0 Å². The van der Waals surface area contributed by atoms with E-state index in [1.54, 1.807) is 0 Å². The molecule has 5 heteroatoms. The predicted molar refractivity (Wildman–Crippen MR) is 55.1 cm³/mol. The Labute approximate surface area is 94.4 Å². The Hall–Kier alpha value is -1.23. The van der Waals surface area contributed by atoms with Crippen LogP contribution in [0.5, 0.6) is 0 Å². The van der Waals surface area contributed by atoms with Crippen LogP contribution in [0.15, 0.2) is 22.7 Å². The van der Waals surface area contributed by atoms with Crippen molar-refractivity contribution in [3.63, 3.8) is 0 Å². The first-order chi connectivity index (χ1) is 7.00. The lowest BCUT2D eigenvalue weighted by Crippen LogP contribution is -2.12. The Balaban J connectivity index is 2.81. The molecule has 80 valence electrons. The van der Waals surface area contributed by atoms with E-state index in [4.69, 9.17) is 0 Å². The maximum absolute atomic E-state index is 13.1. The molecule has 0 aromatic heterocycles. The van der Waals surface area contributed by atoms with Crippen LogP contribution in [0.25, 0.3) is 0 Å². The van der Waals surface area contributed by atoms with Gasteiger partial charge >= 0.3 is 5.97 Å². The molecule has 1 aromatic rings. The fraction of sp³-hybridized carbons (Fsp3) is 0.200. The molecule has 0 fully saturated rings. The molecule has 0 amide bonds. The number of ketones is 1. The van der Waals surface area contributed by atoms with Crippen LogP contribution >= 0.6 is 15.9 Å². The van der Waals surface area contributed by atoms with Gasteiger partial charge in [-0.05, 0) is 25.1 Å². The van der Waals surface area contributed by atoms with Crippen LogP contribution in [0, 0.1) is 5.82 Å². The highest BCUT2D eigenvalue weighted by Gasteiger charge is 2.13. The lowest BCUT2D eigenvalue weighted by molar-refractivity contribution is -0.120. The number of Topliss-reactive ketones (excluding diaryl/α,β-unsaturated/α-hetero) is 1. The molecule has 0 heterocycles. The molecule has 0 bridgehead atoms. The van der Waals surface area contributed by atoms with E-state index in [0.717, 1.165) is 6.07 Å². The summed E-state index contributed by atoms with van der Waals surface area (Å²) >= 11 is 3.10. The minimum Gasteiger partial charge on any atom is -0.454 e. The topological polar surface area (TPSA) is 43.4 Å². The first-order valence-corrected chi connectivity index (χ1v) is 4.91. The van der Waals surface area contributed by atoms with Crippen molar-refractivity contribution in [2.45, 2.75) is 6.92 Å². The van der Waals surface area contributed by atoms with Crippen molar-refractivity contribution in [1.29, 1.82) is 0 Å². The van der Waals surface area contributed by atoms with E-state index >= 15 is 0 Å². The Bertz CT molecular complexity index is 404. The molecule has 0 unspecified atom stereocenters. The normalized spacial score (nSPS) is 9.80. The molecule has 15 heavy (non-hydrogen) atoms. The number of benzene rings is 1. The van der Waals surface area contributed by atoms with Crippen LogP contribution in [0.4, 0.5) is 4.39 Å². The van der Waals surface area contributed by atoms with E-state index in [9.17, 15) is 14.0 Å². The number of halogens is 2. The first-order valence-electron chi connectivity index (χ1n) is 4.12. The van der Waals surface area contributed by atoms with Gasteiger partial charge in [0, 0.05) is 4.47 Å². The van der Waals surface area contributed by atoms with E-state index in [-0.39, 0.29) is 18.0 Å². The summed E-state index contributed by atoms with van der Waals surface area (Å²) in [5.41, 5.74) is -0.189. The average Bonchev–Trinajstić information content (AvgIpc) is 2.18. The number of ether oxygens (including phenoxy) is 1. The van der Waals surface area contributed by atoms with Gasteiger partial charge in [-0.2, -0.15) is 0 Å². The zero-order valence-electron chi connectivity index (χ0n) is 7.92. The third-order valence-electron chi connectivity index (χ3n) is 1.55. The van der Waals surface area contributed by atoms with E-state index in [1.807, 2.05) is 0 Å². The average molecular weight is 275 g/mol. The van der Waals surface area contributed by atoms with Gasteiger partial charge in [-0.1, -0.05) is 15.9 Å². The second kappa shape index (κ2) is 5.02. The third kappa shape index (κ3) is 3.43. The molecule has 0 radical (unpaired) electrons. The van der Waals surface area contributed by atoms with Crippen molar-refractivity contribution in [2.24, 2.45) is 0 Å². The van der Waals surface area contributed by atoms with Gasteiger partial charge in [0.05, 0.1) is 5.56 Å². The van der Waals surface area contributed by atoms with Crippen molar-refractivity contribution < 1.29 is 18.7 Å². The number of carbonyl (C=O) groups excluding carboxylic acids is 2. The predicted octanol–water partition coefficient (Wildman–Crippen LogP) is 2.33.